The molecule has 1 aliphatic carbocycles. The molecule has 0 spiro atoms. The molecule has 0 bridgehead atoms. The Bertz CT molecular complexity index is 210. The van der Waals surface area contributed by atoms with Gasteiger partial charge in [-0.15, -0.1) is 0 Å². The van der Waals surface area contributed by atoms with Gasteiger partial charge < -0.3 is 10.5 Å². The van der Waals surface area contributed by atoms with E-state index in [1.165, 1.54) is 19.3 Å². The third-order valence-corrected chi connectivity index (χ3v) is 3.58. The summed E-state index contributed by atoms with van der Waals surface area (Å²) in [4.78, 5) is 11.3. The number of carbonyl (C=O) groups is 1. The van der Waals surface area contributed by atoms with Crippen molar-refractivity contribution in [1.29, 1.82) is 0 Å². The summed E-state index contributed by atoms with van der Waals surface area (Å²) in [5.41, 5.74) is 6.26. The maximum absolute atomic E-state index is 11.3. The molecular formula is C12H23NO2. The molecule has 0 aliphatic heterocycles. The number of rotatable bonds is 4. The number of hydrogen-bond acceptors (Lipinski definition) is 3. The Morgan fingerprint density at radius 2 is 2.00 bits per heavy atom. The number of nitrogens with two attached hydrogens (primary N) is 1. The highest BCUT2D eigenvalue weighted by atomic mass is 16.5. The van der Waals surface area contributed by atoms with Gasteiger partial charge in [-0.2, -0.15) is 0 Å². The molecule has 0 radical (unpaired) electrons. The van der Waals surface area contributed by atoms with Crippen molar-refractivity contribution in [2.75, 3.05) is 6.61 Å². The zero-order valence-corrected chi connectivity index (χ0v) is 9.92. The Labute approximate surface area is 92.4 Å². The summed E-state index contributed by atoms with van der Waals surface area (Å²) in [5, 5.41) is 0. The Hall–Kier alpha value is -0.570. The first-order valence-corrected chi connectivity index (χ1v) is 5.99. The fraction of sp³-hybridized carbons (Fsp3) is 0.917. The molecule has 3 nitrogen and oxygen atoms in total. The van der Waals surface area contributed by atoms with Crippen molar-refractivity contribution in [3.63, 3.8) is 0 Å². The van der Waals surface area contributed by atoms with E-state index >= 15 is 0 Å². The molecule has 1 saturated carbocycles. The highest BCUT2D eigenvalue weighted by Gasteiger charge is 2.34. The van der Waals surface area contributed by atoms with Crippen LogP contribution in [0.15, 0.2) is 0 Å². The molecule has 0 amide bonds. The van der Waals surface area contributed by atoms with Crippen molar-refractivity contribution < 1.29 is 9.53 Å². The van der Waals surface area contributed by atoms with Crippen LogP contribution in [0.2, 0.25) is 0 Å². The van der Waals surface area contributed by atoms with Crippen LogP contribution in [0, 0.1) is 5.41 Å². The Kier molecular flexibility index (Phi) is 4.58. The van der Waals surface area contributed by atoms with Gasteiger partial charge in [0.05, 0.1) is 13.0 Å². The van der Waals surface area contributed by atoms with Crippen molar-refractivity contribution >= 4 is 5.97 Å². The topological polar surface area (TPSA) is 52.3 Å². The van der Waals surface area contributed by atoms with Crippen LogP contribution in [0.3, 0.4) is 0 Å². The van der Waals surface area contributed by atoms with Gasteiger partial charge in [0.1, 0.15) is 0 Å². The average molecular weight is 213 g/mol. The summed E-state index contributed by atoms with van der Waals surface area (Å²) in [6.45, 7) is 4.48. The largest absolute Gasteiger partial charge is 0.466 e. The lowest BCUT2D eigenvalue weighted by molar-refractivity contribution is -0.144. The standard InChI is InChI=1S/C12H23NO2/c1-3-15-11(14)9-10(13)12(2)7-5-4-6-8-12/h10H,3-9,13H2,1-2H3/t10-/m0/s1. The van der Waals surface area contributed by atoms with E-state index in [0.29, 0.717) is 13.0 Å². The zero-order valence-electron chi connectivity index (χ0n) is 9.92. The third kappa shape index (κ3) is 3.49. The smallest absolute Gasteiger partial charge is 0.307 e. The predicted molar refractivity (Wildman–Crippen MR) is 60.4 cm³/mol. The summed E-state index contributed by atoms with van der Waals surface area (Å²) in [5.74, 6) is -0.156. The fourth-order valence-corrected chi connectivity index (χ4v) is 2.38. The van der Waals surface area contributed by atoms with Crippen LogP contribution >= 0.6 is 0 Å². The van der Waals surface area contributed by atoms with Gasteiger partial charge in [-0.05, 0) is 25.2 Å². The highest BCUT2D eigenvalue weighted by Crippen LogP contribution is 2.38. The van der Waals surface area contributed by atoms with E-state index in [4.69, 9.17) is 10.5 Å². The first-order chi connectivity index (χ1) is 7.08. The number of carbonyl (C=O) groups excluding carboxylic acids is 1. The number of hydrogen-bond donors (Lipinski definition) is 1. The lowest BCUT2D eigenvalue weighted by Gasteiger charge is -2.38. The molecule has 1 rings (SSSR count). The van der Waals surface area contributed by atoms with Crippen LogP contribution in [0.4, 0.5) is 0 Å². The van der Waals surface area contributed by atoms with E-state index in [1.807, 2.05) is 6.92 Å². The molecule has 1 fully saturated rings. The van der Waals surface area contributed by atoms with Gasteiger partial charge in [-0.3, -0.25) is 4.79 Å². The second kappa shape index (κ2) is 5.50. The van der Waals surface area contributed by atoms with E-state index in [0.717, 1.165) is 12.8 Å². The monoisotopic (exact) mass is 213 g/mol. The second-order valence-electron chi connectivity index (χ2n) is 4.83. The summed E-state index contributed by atoms with van der Waals surface area (Å²) >= 11 is 0. The van der Waals surface area contributed by atoms with Gasteiger partial charge in [0.15, 0.2) is 0 Å². The summed E-state index contributed by atoms with van der Waals surface area (Å²) < 4.78 is 4.93. The van der Waals surface area contributed by atoms with E-state index in [2.05, 4.69) is 6.92 Å². The molecular weight excluding hydrogens is 190 g/mol. The number of esters is 1. The third-order valence-electron chi connectivity index (χ3n) is 3.58. The Balaban J connectivity index is 2.43. The van der Waals surface area contributed by atoms with Crippen LogP contribution in [0.25, 0.3) is 0 Å². The molecule has 0 unspecified atom stereocenters. The molecule has 0 aromatic rings. The van der Waals surface area contributed by atoms with Gasteiger partial charge in [-0.1, -0.05) is 26.2 Å². The second-order valence-corrected chi connectivity index (χ2v) is 4.83. The molecule has 88 valence electrons. The summed E-state index contributed by atoms with van der Waals surface area (Å²) in [6, 6.07) is -0.0446. The minimum Gasteiger partial charge on any atom is -0.466 e. The van der Waals surface area contributed by atoms with Crippen molar-refractivity contribution in [2.24, 2.45) is 11.1 Å². The molecule has 2 N–H and O–H groups in total. The van der Waals surface area contributed by atoms with Gasteiger partial charge in [0, 0.05) is 6.04 Å². The van der Waals surface area contributed by atoms with E-state index < -0.39 is 0 Å². The van der Waals surface area contributed by atoms with Gasteiger partial charge in [0.2, 0.25) is 0 Å². The van der Waals surface area contributed by atoms with Crippen LogP contribution in [0.5, 0.6) is 0 Å². The van der Waals surface area contributed by atoms with Crippen molar-refractivity contribution in [3.8, 4) is 0 Å². The van der Waals surface area contributed by atoms with E-state index in [9.17, 15) is 4.79 Å². The fourth-order valence-electron chi connectivity index (χ4n) is 2.38. The van der Waals surface area contributed by atoms with E-state index in [1.54, 1.807) is 0 Å². The van der Waals surface area contributed by atoms with Gasteiger partial charge >= 0.3 is 5.97 Å². The molecule has 0 heterocycles. The molecule has 0 aromatic heterocycles. The first kappa shape index (κ1) is 12.5. The normalized spacial score (nSPS) is 22.1. The minimum atomic E-state index is -0.156. The average Bonchev–Trinajstić information content (AvgIpc) is 2.19. The predicted octanol–water partition coefficient (Wildman–Crippen LogP) is 2.24. The van der Waals surface area contributed by atoms with Crippen LogP contribution in [0.1, 0.15) is 52.4 Å². The zero-order chi connectivity index (χ0) is 11.3. The Morgan fingerprint density at radius 3 is 2.53 bits per heavy atom. The minimum absolute atomic E-state index is 0.0446. The highest BCUT2D eigenvalue weighted by molar-refractivity contribution is 5.70. The molecule has 0 aromatic carbocycles. The van der Waals surface area contributed by atoms with E-state index in [-0.39, 0.29) is 17.4 Å². The first-order valence-electron chi connectivity index (χ1n) is 5.99. The van der Waals surface area contributed by atoms with Crippen molar-refractivity contribution in [1.82, 2.24) is 0 Å². The summed E-state index contributed by atoms with van der Waals surface area (Å²) in [7, 11) is 0. The van der Waals surface area contributed by atoms with Crippen LogP contribution in [-0.2, 0) is 9.53 Å². The summed E-state index contributed by atoms with van der Waals surface area (Å²) in [6.07, 6.45) is 6.45. The van der Waals surface area contributed by atoms with Gasteiger partial charge in [0.25, 0.3) is 0 Å². The van der Waals surface area contributed by atoms with Crippen molar-refractivity contribution in [3.05, 3.63) is 0 Å². The quantitative estimate of drug-likeness (QED) is 0.729. The molecule has 15 heavy (non-hydrogen) atoms. The Morgan fingerprint density at radius 1 is 1.40 bits per heavy atom. The molecule has 1 atom stereocenters. The molecule has 3 heteroatoms. The van der Waals surface area contributed by atoms with Gasteiger partial charge in [-0.25, -0.2) is 0 Å². The number of ether oxygens (including phenoxy) is 1. The molecule has 1 aliphatic rings. The van der Waals surface area contributed by atoms with Crippen molar-refractivity contribution in [2.45, 2.75) is 58.4 Å². The van der Waals surface area contributed by atoms with Crippen LogP contribution in [-0.4, -0.2) is 18.6 Å². The van der Waals surface area contributed by atoms with Crippen LogP contribution < -0.4 is 5.73 Å². The maximum Gasteiger partial charge on any atom is 0.307 e. The lowest BCUT2D eigenvalue weighted by Crippen LogP contribution is -2.42. The maximum atomic E-state index is 11.3. The molecule has 0 saturated heterocycles. The lowest BCUT2D eigenvalue weighted by atomic mass is 9.70. The SMILES string of the molecule is CCOC(=O)C[C@H](N)C1(C)CCCCC1.